The van der Waals surface area contributed by atoms with Crippen molar-refractivity contribution in [3.63, 3.8) is 0 Å². The number of benzene rings is 1. The standard InChI is InChI=1S/C12H10FN3O3S/c1-7(12-14-4-5-20-12)15-11(17)8-2-3-9(13)10(6-8)16(18)19/h2-7H,1H3,(H,15,17). The van der Waals surface area contributed by atoms with Crippen LogP contribution in [-0.2, 0) is 0 Å². The van der Waals surface area contributed by atoms with Crippen LogP contribution in [0.3, 0.4) is 0 Å². The summed E-state index contributed by atoms with van der Waals surface area (Å²) in [6, 6.07) is 2.69. The van der Waals surface area contributed by atoms with Crippen molar-refractivity contribution in [1.82, 2.24) is 10.3 Å². The Bertz CT molecular complexity index is 645. The number of hydrogen-bond donors (Lipinski definition) is 1. The van der Waals surface area contributed by atoms with Crippen LogP contribution < -0.4 is 5.32 Å². The van der Waals surface area contributed by atoms with E-state index in [4.69, 9.17) is 0 Å². The molecular formula is C12H10FN3O3S. The molecule has 0 aliphatic heterocycles. The summed E-state index contributed by atoms with van der Waals surface area (Å²) < 4.78 is 13.2. The lowest BCUT2D eigenvalue weighted by Gasteiger charge is -2.11. The van der Waals surface area contributed by atoms with Crippen LogP contribution in [0.4, 0.5) is 10.1 Å². The molecule has 0 radical (unpaired) electrons. The van der Waals surface area contributed by atoms with Crippen molar-refractivity contribution in [3.8, 4) is 0 Å². The molecule has 1 aromatic carbocycles. The number of halogens is 1. The Morgan fingerprint density at radius 3 is 2.90 bits per heavy atom. The predicted octanol–water partition coefficient (Wildman–Crippen LogP) is 2.68. The Kier molecular flexibility index (Phi) is 4.04. The van der Waals surface area contributed by atoms with E-state index < -0.39 is 22.3 Å². The smallest absolute Gasteiger partial charge is 0.305 e. The molecule has 0 saturated heterocycles. The van der Waals surface area contributed by atoms with Gasteiger partial charge in [0, 0.05) is 23.2 Å². The molecule has 2 aromatic rings. The number of aromatic nitrogens is 1. The highest BCUT2D eigenvalue weighted by Crippen LogP contribution is 2.20. The van der Waals surface area contributed by atoms with Gasteiger partial charge in [0.15, 0.2) is 0 Å². The van der Waals surface area contributed by atoms with Crippen molar-refractivity contribution in [2.75, 3.05) is 0 Å². The summed E-state index contributed by atoms with van der Waals surface area (Å²) in [4.78, 5) is 25.8. The number of nitrogens with one attached hydrogen (secondary N) is 1. The van der Waals surface area contributed by atoms with Crippen LogP contribution in [0.25, 0.3) is 0 Å². The minimum atomic E-state index is -0.973. The first-order chi connectivity index (χ1) is 9.49. The highest BCUT2D eigenvalue weighted by atomic mass is 32.1. The van der Waals surface area contributed by atoms with Crippen molar-refractivity contribution in [2.45, 2.75) is 13.0 Å². The number of thiazole rings is 1. The lowest BCUT2D eigenvalue weighted by molar-refractivity contribution is -0.387. The Hall–Kier alpha value is -2.35. The molecule has 1 atom stereocenters. The van der Waals surface area contributed by atoms with Crippen LogP contribution in [0.15, 0.2) is 29.8 Å². The van der Waals surface area contributed by atoms with Gasteiger partial charge in [0.2, 0.25) is 5.82 Å². The van der Waals surface area contributed by atoms with Gasteiger partial charge in [0.25, 0.3) is 5.91 Å². The van der Waals surface area contributed by atoms with Crippen LogP contribution >= 0.6 is 11.3 Å². The third kappa shape index (κ3) is 2.97. The van der Waals surface area contributed by atoms with Gasteiger partial charge in [-0.1, -0.05) is 0 Å². The van der Waals surface area contributed by atoms with Gasteiger partial charge in [-0.25, -0.2) is 4.98 Å². The second-order valence-electron chi connectivity index (χ2n) is 3.99. The maximum atomic E-state index is 13.2. The second kappa shape index (κ2) is 5.74. The number of nitro groups is 1. The zero-order valence-corrected chi connectivity index (χ0v) is 11.2. The van der Waals surface area contributed by atoms with Crippen LogP contribution in [0, 0.1) is 15.9 Å². The predicted molar refractivity (Wildman–Crippen MR) is 71.0 cm³/mol. The van der Waals surface area contributed by atoms with E-state index in [1.165, 1.54) is 17.4 Å². The van der Waals surface area contributed by atoms with Crippen LogP contribution in [-0.4, -0.2) is 15.8 Å². The fourth-order valence-electron chi connectivity index (χ4n) is 1.58. The van der Waals surface area contributed by atoms with E-state index in [9.17, 15) is 19.3 Å². The van der Waals surface area contributed by atoms with Gasteiger partial charge in [0.1, 0.15) is 5.01 Å². The molecule has 104 valence electrons. The van der Waals surface area contributed by atoms with Crippen molar-refractivity contribution >= 4 is 22.9 Å². The zero-order valence-electron chi connectivity index (χ0n) is 10.4. The molecule has 0 fully saturated rings. The molecule has 1 N–H and O–H groups in total. The highest BCUT2D eigenvalue weighted by molar-refractivity contribution is 7.09. The Morgan fingerprint density at radius 2 is 2.30 bits per heavy atom. The van der Waals surface area contributed by atoms with Crippen LogP contribution in [0.1, 0.15) is 28.3 Å². The summed E-state index contributed by atoms with van der Waals surface area (Å²) in [7, 11) is 0. The Balaban J connectivity index is 2.17. The SMILES string of the molecule is CC(NC(=O)c1ccc(F)c([N+](=O)[O-])c1)c1nccs1. The average molecular weight is 295 g/mol. The summed E-state index contributed by atoms with van der Waals surface area (Å²) in [5.41, 5.74) is -0.693. The number of carbonyl (C=O) groups excluding carboxylic acids is 1. The molecule has 0 bridgehead atoms. The summed E-state index contributed by atoms with van der Waals surface area (Å²) in [5.74, 6) is -1.49. The summed E-state index contributed by atoms with van der Waals surface area (Å²) in [6.45, 7) is 1.74. The van der Waals surface area contributed by atoms with Gasteiger partial charge in [-0.15, -0.1) is 11.3 Å². The Labute approximate surface area is 117 Å². The molecule has 0 spiro atoms. The largest absolute Gasteiger partial charge is 0.343 e. The van der Waals surface area contributed by atoms with Crippen molar-refractivity contribution < 1.29 is 14.1 Å². The first-order valence-corrected chi connectivity index (χ1v) is 6.51. The van der Waals surface area contributed by atoms with Gasteiger partial charge in [-0.05, 0) is 19.1 Å². The first-order valence-electron chi connectivity index (χ1n) is 5.63. The maximum Gasteiger partial charge on any atom is 0.305 e. The molecule has 2 rings (SSSR count). The average Bonchev–Trinajstić information content (AvgIpc) is 2.92. The molecule has 0 aliphatic rings. The molecule has 1 heterocycles. The van der Waals surface area contributed by atoms with Crippen molar-refractivity contribution in [2.24, 2.45) is 0 Å². The summed E-state index contributed by atoms with van der Waals surface area (Å²) >= 11 is 1.38. The monoisotopic (exact) mass is 295 g/mol. The molecule has 8 heteroatoms. The highest BCUT2D eigenvalue weighted by Gasteiger charge is 2.19. The van der Waals surface area contributed by atoms with Crippen molar-refractivity contribution in [1.29, 1.82) is 0 Å². The van der Waals surface area contributed by atoms with Gasteiger partial charge >= 0.3 is 5.69 Å². The molecule has 0 saturated carbocycles. The van der Waals surface area contributed by atoms with E-state index in [2.05, 4.69) is 10.3 Å². The molecule has 1 amide bonds. The quantitative estimate of drug-likeness (QED) is 0.694. The van der Waals surface area contributed by atoms with E-state index in [0.29, 0.717) is 0 Å². The summed E-state index contributed by atoms with van der Waals surface area (Å²) in [6.07, 6.45) is 1.62. The third-order valence-electron chi connectivity index (χ3n) is 2.57. The molecule has 1 aromatic heterocycles. The normalized spacial score (nSPS) is 11.9. The number of nitrogens with zero attached hydrogens (tertiary/aromatic N) is 2. The minimum absolute atomic E-state index is 0.0292. The van der Waals surface area contributed by atoms with Gasteiger partial charge < -0.3 is 5.32 Å². The van der Waals surface area contributed by atoms with E-state index >= 15 is 0 Å². The third-order valence-corrected chi connectivity index (χ3v) is 3.53. The minimum Gasteiger partial charge on any atom is -0.343 e. The lowest BCUT2D eigenvalue weighted by Crippen LogP contribution is -2.26. The molecule has 6 nitrogen and oxygen atoms in total. The number of hydrogen-bond acceptors (Lipinski definition) is 5. The second-order valence-corrected chi connectivity index (χ2v) is 4.91. The summed E-state index contributed by atoms with van der Waals surface area (Å²) in [5, 5.41) is 15.8. The first kappa shape index (κ1) is 14.1. The van der Waals surface area contributed by atoms with E-state index in [1.807, 2.05) is 0 Å². The fourth-order valence-corrected chi connectivity index (χ4v) is 2.23. The van der Waals surface area contributed by atoms with Gasteiger partial charge in [0.05, 0.1) is 11.0 Å². The molecular weight excluding hydrogens is 285 g/mol. The van der Waals surface area contributed by atoms with Gasteiger partial charge in [-0.2, -0.15) is 4.39 Å². The van der Waals surface area contributed by atoms with Crippen LogP contribution in [0.5, 0.6) is 0 Å². The van der Waals surface area contributed by atoms with Crippen LogP contribution in [0.2, 0.25) is 0 Å². The number of carbonyl (C=O) groups is 1. The topological polar surface area (TPSA) is 85.1 Å². The molecule has 20 heavy (non-hydrogen) atoms. The molecule has 0 aliphatic carbocycles. The molecule has 1 unspecified atom stereocenters. The lowest BCUT2D eigenvalue weighted by atomic mass is 10.1. The maximum absolute atomic E-state index is 13.2. The van der Waals surface area contributed by atoms with E-state index in [1.54, 1.807) is 18.5 Å². The fraction of sp³-hybridized carbons (Fsp3) is 0.167. The number of nitro benzene ring substituents is 1. The number of rotatable bonds is 4. The van der Waals surface area contributed by atoms with E-state index in [0.717, 1.165) is 17.1 Å². The van der Waals surface area contributed by atoms with Crippen molar-refractivity contribution in [3.05, 3.63) is 56.3 Å². The zero-order chi connectivity index (χ0) is 14.7. The van der Waals surface area contributed by atoms with E-state index in [-0.39, 0.29) is 11.6 Å². The van der Waals surface area contributed by atoms with Gasteiger partial charge in [-0.3, -0.25) is 14.9 Å². The number of amides is 1. The Morgan fingerprint density at radius 1 is 1.55 bits per heavy atom.